The van der Waals surface area contributed by atoms with Crippen LogP contribution in [0.15, 0.2) is 71.6 Å². The second-order valence-electron chi connectivity index (χ2n) is 9.50. The van der Waals surface area contributed by atoms with Gasteiger partial charge in [0.2, 0.25) is 10.0 Å². The summed E-state index contributed by atoms with van der Waals surface area (Å²) in [6.07, 6.45) is 1.56. The van der Waals surface area contributed by atoms with Gasteiger partial charge in [0.15, 0.2) is 0 Å². The highest BCUT2D eigenvalue weighted by Crippen LogP contribution is 2.39. The van der Waals surface area contributed by atoms with Crippen LogP contribution in [0.2, 0.25) is 5.02 Å². The van der Waals surface area contributed by atoms with Gasteiger partial charge in [0.05, 0.1) is 17.0 Å². The molecule has 5 nitrogen and oxygen atoms in total. The molecule has 0 aliphatic carbocycles. The minimum atomic E-state index is -3.62. The second kappa shape index (κ2) is 9.92. The zero-order chi connectivity index (χ0) is 25.4. The van der Waals surface area contributed by atoms with Gasteiger partial charge < -0.3 is 9.30 Å². The molecule has 3 aromatic carbocycles. The van der Waals surface area contributed by atoms with Gasteiger partial charge >= 0.3 is 0 Å². The van der Waals surface area contributed by atoms with E-state index in [2.05, 4.69) is 66.9 Å². The zero-order valence-corrected chi connectivity index (χ0v) is 22.4. The van der Waals surface area contributed by atoms with E-state index >= 15 is 0 Å². The molecule has 188 valence electrons. The number of sulfonamides is 1. The standard InChI is InChI=1S/C29H31ClN2O3S/c1-20-8-4-5-9-23(20)19-32-21(2)29(25-10-6-7-11-27(25)32)22-14-16-31(17-15-22)36(33,34)24-12-13-28(35-3)26(30)18-24/h4-13,18,22H,14-17,19H2,1-3H3. The van der Waals surface area contributed by atoms with Crippen molar-refractivity contribution >= 4 is 32.5 Å². The third-order valence-corrected chi connectivity index (χ3v) is 9.68. The lowest BCUT2D eigenvalue weighted by Crippen LogP contribution is -2.38. The number of piperidine rings is 1. The Balaban J connectivity index is 1.42. The van der Waals surface area contributed by atoms with Crippen molar-refractivity contribution < 1.29 is 13.2 Å². The second-order valence-corrected chi connectivity index (χ2v) is 11.8. The SMILES string of the molecule is COc1ccc(S(=O)(=O)N2CCC(c3c(C)n(Cc4ccccc4C)c4ccccc34)CC2)cc1Cl. The number of ether oxygens (including phenoxy) is 1. The first-order valence-corrected chi connectivity index (χ1v) is 14.1. The Morgan fingerprint density at radius 1 is 0.972 bits per heavy atom. The summed E-state index contributed by atoms with van der Waals surface area (Å²) in [4.78, 5) is 0.206. The number of hydrogen-bond acceptors (Lipinski definition) is 3. The Kier molecular flexibility index (Phi) is 6.86. The van der Waals surface area contributed by atoms with E-state index in [-0.39, 0.29) is 4.90 Å². The molecule has 36 heavy (non-hydrogen) atoms. The Hall–Kier alpha value is -2.80. The fourth-order valence-corrected chi connectivity index (χ4v) is 7.29. The summed E-state index contributed by atoms with van der Waals surface area (Å²) in [6, 6.07) is 21.7. The number of rotatable bonds is 6. The van der Waals surface area contributed by atoms with Crippen molar-refractivity contribution in [2.24, 2.45) is 0 Å². The molecule has 7 heteroatoms. The first-order chi connectivity index (χ1) is 17.3. The zero-order valence-electron chi connectivity index (χ0n) is 20.9. The molecular weight excluding hydrogens is 492 g/mol. The molecule has 0 saturated carbocycles. The summed E-state index contributed by atoms with van der Waals surface area (Å²) in [5.74, 6) is 0.769. The monoisotopic (exact) mass is 522 g/mol. The van der Waals surface area contributed by atoms with Crippen molar-refractivity contribution in [1.82, 2.24) is 8.87 Å². The van der Waals surface area contributed by atoms with Crippen LogP contribution in [0.5, 0.6) is 5.75 Å². The van der Waals surface area contributed by atoms with Gasteiger partial charge in [0, 0.05) is 36.2 Å². The molecule has 0 N–H and O–H groups in total. The molecule has 1 aromatic heterocycles. The van der Waals surface area contributed by atoms with Crippen LogP contribution in [0.4, 0.5) is 0 Å². The van der Waals surface area contributed by atoms with E-state index in [4.69, 9.17) is 16.3 Å². The maximum Gasteiger partial charge on any atom is 0.243 e. The van der Waals surface area contributed by atoms with Crippen molar-refractivity contribution in [2.45, 2.75) is 44.0 Å². The van der Waals surface area contributed by atoms with Crippen LogP contribution in [0.25, 0.3) is 10.9 Å². The van der Waals surface area contributed by atoms with Crippen molar-refractivity contribution in [3.8, 4) is 5.75 Å². The Labute approximate surface area is 218 Å². The summed E-state index contributed by atoms with van der Waals surface area (Å²) in [5, 5.41) is 1.57. The molecular formula is C29H31ClN2O3S. The number of methoxy groups -OCH3 is 1. The third kappa shape index (κ3) is 4.42. The molecule has 0 unspecified atom stereocenters. The molecule has 0 bridgehead atoms. The Morgan fingerprint density at radius 3 is 2.36 bits per heavy atom. The van der Waals surface area contributed by atoms with Gasteiger partial charge in [-0.2, -0.15) is 4.31 Å². The lowest BCUT2D eigenvalue weighted by Gasteiger charge is -2.31. The highest BCUT2D eigenvalue weighted by Gasteiger charge is 2.32. The lowest BCUT2D eigenvalue weighted by molar-refractivity contribution is 0.319. The minimum Gasteiger partial charge on any atom is -0.495 e. The number of hydrogen-bond donors (Lipinski definition) is 0. The summed E-state index contributed by atoms with van der Waals surface area (Å²) in [7, 11) is -2.11. The fourth-order valence-electron chi connectivity index (χ4n) is 5.48. The molecule has 0 atom stereocenters. The van der Waals surface area contributed by atoms with Crippen molar-refractivity contribution in [3.05, 3.63) is 94.1 Å². The smallest absolute Gasteiger partial charge is 0.243 e. The number of para-hydroxylation sites is 1. The van der Waals surface area contributed by atoms with Crippen LogP contribution < -0.4 is 4.74 Å². The van der Waals surface area contributed by atoms with Gasteiger partial charge in [-0.15, -0.1) is 0 Å². The van der Waals surface area contributed by atoms with Gasteiger partial charge in [-0.05, 0) is 73.6 Å². The van der Waals surface area contributed by atoms with E-state index in [1.807, 2.05) is 0 Å². The normalized spacial score (nSPS) is 15.4. The maximum atomic E-state index is 13.3. The predicted molar refractivity (Wildman–Crippen MR) is 146 cm³/mol. The first kappa shape index (κ1) is 24.9. The van der Waals surface area contributed by atoms with E-state index in [0.29, 0.717) is 29.8 Å². The summed E-state index contributed by atoms with van der Waals surface area (Å²) >= 11 is 6.21. The number of aromatic nitrogens is 1. The average Bonchev–Trinajstić information content (AvgIpc) is 3.16. The maximum absolute atomic E-state index is 13.3. The molecule has 4 aromatic rings. The van der Waals surface area contributed by atoms with Crippen molar-refractivity contribution in [3.63, 3.8) is 0 Å². The van der Waals surface area contributed by atoms with Crippen LogP contribution in [-0.2, 0) is 16.6 Å². The number of aryl methyl sites for hydroxylation is 1. The van der Waals surface area contributed by atoms with Gasteiger partial charge in [-0.3, -0.25) is 0 Å². The summed E-state index contributed by atoms with van der Waals surface area (Å²) in [5.41, 5.74) is 6.45. The molecule has 0 amide bonds. The quantitative estimate of drug-likeness (QED) is 0.289. The fraction of sp³-hybridized carbons (Fsp3) is 0.310. The van der Waals surface area contributed by atoms with Crippen LogP contribution >= 0.6 is 11.6 Å². The highest BCUT2D eigenvalue weighted by molar-refractivity contribution is 7.89. The number of halogens is 1. The van der Waals surface area contributed by atoms with Crippen LogP contribution in [0.3, 0.4) is 0 Å². The Bertz CT molecular complexity index is 1520. The molecule has 0 radical (unpaired) electrons. The summed E-state index contributed by atoms with van der Waals surface area (Å²) in [6.45, 7) is 6.14. The van der Waals surface area contributed by atoms with Gasteiger partial charge in [0.1, 0.15) is 5.75 Å². The largest absolute Gasteiger partial charge is 0.495 e. The molecule has 1 aliphatic rings. The van der Waals surface area contributed by atoms with E-state index in [0.717, 1.165) is 19.4 Å². The lowest BCUT2D eigenvalue weighted by atomic mass is 9.88. The van der Waals surface area contributed by atoms with E-state index in [9.17, 15) is 8.42 Å². The first-order valence-electron chi connectivity index (χ1n) is 12.3. The van der Waals surface area contributed by atoms with Crippen LogP contribution in [0.1, 0.15) is 41.1 Å². The van der Waals surface area contributed by atoms with Crippen molar-refractivity contribution in [1.29, 1.82) is 0 Å². The van der Waals surface area contributed by atoms with Gasteiger partial charge in [-0.25, -0.2) is 8.42 Å². The van der Waals surface area contributed by atoms with Gasteiger partial charge in [0.25, 0.3) is 0 Å². The molecule has 1 fully saturated rings. The average molecular weight is 523 g/mol. The topological polar surface area (TPSA) is 51.5 Å². The van der Waals surface area contributed by atoms with Crippen molar-refractivity contribution in [2.75, 3.05) is 20.2 Å². The highest BCUT2D eigenvalue weighted by atomic mass is 35.5. The van der Waals surface area contributed by atoms with Crippen LogP contribution in [0, 0.1) is 13.8 Å². The Morgan fingerprint density at radius 2 is 1.67 bits per heavy atom. The molecule has 1 saturated heterocycles. The van der Waals surface area contributed by atoms with E-state index in [1.165, 1.54) is 46.5 Å². The third-order valence-electron chi connectivity index (χ3n) is 7.49. The van der Waals surface area contributed by atoms with Gasteiger partial charge in [-0.1, -0.05) is 54.1 Å². The minimum absolute atomic E-state index is 0.206. The molecule has 1 aliphatic heterocycles. The number of benzene rings is 3. The molecule has 2 heterocycles. The summed E-state index contributed by atoms with van der Waals surface area (Å²) < 4.78 is 35.8. The van der Waals surface area contributed by atoms with E-state index < -0.39 is 10.0 Å². The predicted octanol–water partition coefficient (Wildman–Crippen LogP) is 6.54. The van der Waals surface area contributed by atoms with Crippen LogP contribution in [-0.4, -0.2) is 37.5 Å². The molecule has 0 spiro atoms. The number of nitrogens with zero attached hydrogens (tertiary/aromatic N) is 2. The van der Waals surface area contributed by atoms with E-state index in [1.54, 1.807) is 16.4 Å². The number of fused-ring (bicyclic) bond motifs is 1. The molecule has 5 rings (SSSR count).